The number of phosphoric ester groups is 1. The summed E-state index contributed by atoms with van der Waals surface area (Å²) in [6, 6.07) is 9.25. The van der Waals surface area contributed by atoms with Crippen LogP contribution in [-0.4, -0.2) is 80.6 Å². The number of aromatic nitrogens is 3. The Bertz CT molecular complexity index is 1790. The standard InChI is InChI=1S/C42H64FN6O8P/c1-3-4-5-6-7-8-9-10-11-12-13-14-15-16-17-18-19-20-34(54-27-33-22-21-32(26-44)25-35(33)43)28-55-58(52,53)56-29-37-39(50)40(51)42(57-37,30-46-2)38-24-23-36-41(45)47-31-48-49(36)38/h21-25,30-31,34,37,39-40,50-51H,3-20,27-29H2,1-2H3,(H,52,53)(H2,45,47,48)/t34-,37-,39-,40-,42+/m1/s1. The summed E-state index contributed by atoms with van der Waals surface area (Å²) in [5.41, 5.74) is 5.44. The molecule has 1 aromatic carbocycles. The van der Waals surface area contributed by atoms with Crippen LogP contribution >= 0.6 is 7.82 Å². The number of fused-ring (bicyclic) bond motifs is 1. The molecule has 1 saturated heterocycles. The number of ether oxygens (including phenoxy) is 2. The molecule has 16 heteroatoms. The van der Waals surface area contributed by atoms with Crippen molar-refractivity contribution in [3.63, 3.8) is 0 Å². The first kappa shape index (κ1) is 47.4. The van der Waals surface area contributed by atoms with Crippen LogP contribution in [0.25, 0.3) is 5.52 Å². The summed E-state index contributed by atoms with van der Waals surface area (Å²) in [4.78, 5) is 18.7. The molecule has 322 valence electrons. The highest BCUT2D eigenvalue weighted by Crippen LogP contribution is 2.46. The van der Waals surface area contributed by atoms with Gasteiger partial charge in [-0.1, -0.05) is 122 Å². The number of nitrogens with zero attached hydrogens (tertiary/aromatic N) is 5. The number of aliphatic hydroxyl groups is 2. The Labute approximate surface area is 342 Å². The van der Waals surface area contributed by atoms with Gasteiger partial charge in [0.05, 0.1) is 43.3 Å². The third kappa shape index (κ3) is 14.2. The van der Waals surface area contributed by atoms with Crippen LogP contribution in [0, 0.1) is 17.1 Å². The van der Waals surface area contributed by atoms with Gasteiger partial charge in [0.1, 0.15) is 36.0 Å². The predicted molar refractivity (Wildman–Crippen MR) is 221 cm³/mol. The van der Waals surface area contributed by atoms with Crippen LogP contribution in [-0.2, 0) is 35.3 Å². The van der Waals surface area contributed by atoms with Gasteiger partial charge in [-0.2, -0.15) is 10.4 Å². The lowest BCUT2D eigenvalue weighted by molar-refractivity contribution is -0.0562. The van der Waals surface area contributed by atoms with Crippen LogP contribution in [0.4, 0.5) is 10.2 Å². The summed E-state index contributed by atoms with van der Waals surface area (Å²) in [6.07, 6.45) is 19.0. The fourth-order valence-corrected chi connectivity index (χ4v) is 8.20. The zero-order valence-corrected chi connectivity index (χ0v) is 35.1. The molecule has 6 atom stereocenters. The Morgan fingerprint density at radius 3 is 2.21 bits per heavy atom. The van der Waals surface area contributed by atoms with E-state index in [2.05, 4.69) is 22.0 Å². The Balaban J connectivity index is 1.23. The second kappa shape index (κ2) is 24.7. The van der Waals surface area contributed by atoms with Crippen molar-refractivity contribution in [3.05, 3.63) is 59.3 Å². The molecule has 3 heterocycles. The van der Waals surface area contributed by atoms with Crippen LogP contribution in [0.3, 0.4) is 0 Å². The number of benzene rings is 1. The quantitative estimate of drug-likeness (QED) is 0.0297. The molecule has 0 radical (unpaired) electrons. The molecule has 58 heavy (non-hydrogen) atoms. The number of hydrogen-bond donors (Lipinski definition) is 4. The Kier molecular flexibility index (Phi) is 20.2. The largest absolute Gasteiger partial charge is 0.472 e. The molecule has 3 aromatic rings. The number of nitriles is 1. The number of rotatable bonds is 29. The summed E-state index contributed by atoms with van der Waals surface area (Å²) in [5.74, 6) is -0.399. The van der Waals surface area contributed by atoms with Gasteiger partial charge in [-0.05, 0) is 30.7 Å². The van der Waals surface area contributed by atoms with Crippen molar-refractivity contribution < 1.29 is 42.6 Å². The maximum atomic E-state index is 14.6. The van der Waals surface area contributed by atoms with Crippen molar-refractivity contribution in [1.29, 1.82) is 5.26 Å². The van der Waals surface area contributed by atoms with Gasteiger partial charge in [0.15, 0.2) is 11.4 Å². The maximum absolute atomic E-state index is 14.6. The Morgan fingerprint density at radius 2 is 1.62 bits per heavy atom. The van der Waals surface area contributed by atoms with E-state index in [-0.39, 0.29) is 30.2 Å². The zero-order valence-electron chi connectivity index (χ0n) is 34.2. The first-order valence-corrected chi connectivity index (χ1v) is 22.5. The normalized spacial score (nSPS) is 21.2. The van der Waals surface area contributed by atoms with Crippen LogP contribution in [0.15, 0.2) is 41.7 Å². The summed E-state index contributed by atoms with van der Waals surface area (Å²) in [6.45, 7) is 1.17. The number of aliphatic imine (C=N–C) groups is 1. The van der Waals surface area contributed by atoms with Gasteiger partial charge in [-0.25, -0.2) is 18.5 Å². The summed E-state index contributed by atoms with van der Waals surface area (Å²) >= 11 is 0. The van der Waals surface area contributed by atoms with Gasteiger partial charge in [0.2, 0.25) is 0 Å². The van der Waals surface area contributed by atoms with E-state index in [0.29, 0.717) is 17.6 Å². The van der Waals surface area contributed by atoms with Crippen LogP contribution < -0.4 is 5.73 Å². The predicted octanol–water partition coefficient (Wildman–Crippen LogP) is 8.10. The molecular weight excluding hydrogens is 766 g/mol. The highest BCUT2D eigenvalue weighted by Gasteiger charge is 2.56. The van der Waals surface area contributed by atoms with E-state index in [1.807, 2.05) is 6.07 Å². The van der Waals surface area contributed by atoms with Crippen molar-refractivity contribution in [2.45, 2.75) is 159 Å². The number of anilines is 1. The SMILES string of the molecule is CCCCCCCCCCCCCCCCCCC[C@H](COP(=O)(O)OC[C@H]1O[C@@](C=NC)(c2ccc3c(N)ncnn23)[C@H](O)[C@@H]1O)OCc1ccc(C#N)cc1F. The minimum atomic E-state index is -4.74. The van der Waals surface area contributed by atoms with E-state index in [1.54, 1.807) is 12.1 Å². The number of hydrogen-bond acceptors (Lipinski definition) is 12. The number of aliphatic hydroxyl groups excluding tert-OH is 2. The third-order valence-corrected chi connectivity index (χ3v) is 11.8. The molecule has 0 saturated carbocycles. The molecule has 4 rings (SSSR count). The fraction of sp³-hybridized carbons (Fsp3) is 0.667. The molecule has 0 amide bonds. The van der Waals surface area contributed by atoms with Crippen molar-refractivity contribution in [1.82, 2.24) is 14.6 Å². The Hall–Kier alpha value is -3.32. The molecule has 0 spiro atoms. The number of halogens is 1. The summed E-state index contributed by atoms with van der Waals surface area (Å²) < 4.78 is 51.9. The molecule has 14 nitrogen and oxygen atoms in total. The molecule has 2 aromatic heterocycles. The van der Waals surface area contributed by atoms with E-state index in [4.69, 9.17) is 29.5 Å². The molecule has 1 fully saturated rings. The van der Waals surface area contributed by atoms with Gasteiger partial charge in [-0.15, -0.1) is 0 Å². The van der Waals surface area contributed by atoms with Crippen molar-refractivity contribution >= 4 is 25.4 Å². The minimum absolute atomic E-state index is 0.132. The van der Waals surface area contributed by atoms with E-state index in [9.17, 15) is 24.1 Å². The third-order valence-electron chi connectivity index (χ3n) is 10.8. The second-order valence-corrected chi connectivity index (χ2v) is 16.7. The van der Waals surface area contributed by atoms with Crippen LogP contribution in [0.5, 0.6) is 0 Å². The summed E-state index contributed by atoms with van der Waals surface area (Å²) in [7, 11) is -3.27. The number of phosphoric acid groups is 1. The van der Waals surface area contributed by atoms with Crippen LogP contribution in [0.2, 0.25) is 0 Å². The second-order valence-electron chi connectivity index (χ2n) is 15.3. The first-order chi connectivity index (χ1) is 28.0. The number of unbranched alkanes of at least 4 members (excludes halogenated alkanes) is 16. The highest BCUT2D eigenvalue weighted by molar-refractivity contribution is 7.47. The van der Waals surface area contributed by atoms with Gasteiger partial charge < -0.3 is 30.3 Å². The lowest BCUT2D eigenvalue weighted by atomic mass is 9.92. The van der Waals surface area contributed by atoms with Gasteiger partial charge in [0, 0.05) is 18.8 Å². The van der Waals surface area contributed by atoms with Crippen molar-refractivity contribution in [2.24, 2.45) is 4.99 Å². The molecule has 1 aliphatic heterocycles. The molecule has 1 unspecified atom stereocenters. The molecule has 0 bridgehead atoms. The van der Waals surface area contributed by atoms with Crippen molar-refractivity contribution in [3.8, 4) is 6.07 Å². The summed E-state index contributed by atoms with van der Waals surface area (Å²) in [5, 5.41) is 35.5. The monoisotopic (exact) mass is 830 g/mol. The molecular formula is C42H64FN6O8P. The highest BCUT2D eigenvalue weighted by atomic mass is 31.2. The van der Waals surface area contributed by atoms with Gasteiger partial charge >= 0.3 is 7.82 Å². The van der Waals surface area contributed by atoms with E-state index in [1.165, 1.54) is 120 Å². The average molecular weight is 831 g/mol. The Morgan fingerprint density at radius 1 is 1.00 bits per heavy atom. The fourth-order valence-electron chi connectivity index (χ4n) is 7.44. The average Bonchev–Trinajstić information content (AvgIpc) is 3.76. The lowest BCUT2D eigenvalue weighted by Crippen LogP contribution is -2.43. The molecule has 5 N–H and O–H groups in total. The topological polar surface area (TPSA) is 207 Å². The first-order valence-electron chi connectivity index (χ1n) is 21.0. The van der Waals surface area contributed by atoms with Crippen molar-refractivity contribution in [2.75, 3.05) is 26.0 Å². The van der Waals surface area contributed by atoms with Gasteiger partial charge in [-0.3, -0.25) is 14.0 Å². The number of nitrogens with two attached hydrogens (primary N) is 1. The van der Waals surface area contributed by atoms with E-state index >= 15 is 0 Å². The van der Waals surface area contributed by atoms with E-state index in [0.717, 1.165) is 31.7 Å². The maximum Gasteiger partial charge on any atom is 0.472 e. The van der Waals surface area contributed by atoms with Crippen LogP contribution in [0.1, 0.15) is 139 Å². The lowest BCUT2D eigenvalue weighted by Gasteiger charge is -2.27. The molecule has 0 aliphatic carbocycles. The number of nitrogen functional groups attached to an aromatic ring is 1. The zero-order chi connectivity index (χ0) is 41.8. The minimum Gasteiger partial charge on any atom is -0.387 e. The van der Waals surface area contributed by atoms with Gasteiger partial charge in [0.25, 0.3) is 0 Å². The van der Waals surface area contributed by atoms with E-state index < -0.39 is 50.3 Å². The molecule has 1 aliphatic rings. The smallest absolute Gasteiger partial charge is 0.387 e.